The van der Waals surface area contributed by atoms with Crippen molar-refractivity contribution in [3.05, 3.63) is 34.9 Å². The van der Waals surface area contributed by atoms with Crippen LogP contribution in [0.15, 0.2) is 18.2 Å². The van der Waals surface area contributed by atoms with E-state index in [1.165, 1.54) is 11.1 Å². The molecule has 16 heavy (non-hydrogen) atoms. The van der Waals surface area contributed by atoms with Crippen molar-refractivity contribution in [3.8, 4) is 0 Å². The van der Waals surface area contributed by atoms with Gasteiger partial charge in [0.05, 0.1) is 0 Å². The Hall–Kier alpha value is -1.44. The lowest BCUT2D eigenvalue weighted by Crippen LogP contribution is -2.13. The Bertz CT molecular complexity index is 432. The van der Waals surface area contributed by atoms with E-state index in [1.807, 2.05) is 19.1 Å². The number of carbonyl (C=O) groups excluding carboxylic acids is 2. The summed E-state index contributed by atoms with van der Waals surface area (Å²) >= 11 is 0. The molecule has 2 nitrogen and oxygen atoms in total. The van der Waals surface area contributed by atoms with Gasteiger partial charge in [-0.3, -0.25) is 9.59 Å². The minimum absolute atomic E-state index is 0.263. The number of fused-ring (bicyclic) bond motifs is 1. The van der Waals surface area contributed by atoms with Gasteiger partial charge in [0.25, 0.3) is 0 Å². The summed E-state index contributed by atoms with van der Waals surface area (Å²) < 4.78 is 0. The molecule has 84 valence electrons. The van der Waals surface area contributed by atoms with Crippen LogP contribution in [0.25, 0.3) is 0 Å². The Morgan fingerprint density at radius 1 is 1.19 bits per heavy atom. The average molecular weight is 216 g/mol. The molecule has 0 saturated heterocycles. The summed E-state index contributed by atoms with van der Waals surface area (Å²) in [6, 6.07) is 5.69. The largest absolute Gasteiger partial charge is 0.290 e. The summed E-state index contributed by atoms with van der Waals surface area (Å²) in [5, 5.41) is 0. The molecule has 0 atom stereocenters. The fourth-order valence-electron chi connectivity index (χ4n) is 2.21. The van der Waals surface area contributed by atoms with Gasteiger partial charge in [0, 0.05) is 12.0 Å². The van der Waals surface area contributed by atoms with E-state index in [0.717, 1.165) is 25.7 Å². The van der Waals surface area contributed by atoms with Gasteiger partial charge in [-0.15, -0.1) is 0 Å². The van der Waals surface area contributed by atoms with Gasteiger partial charge in [-0.25, -0.2) is 0 Å². The molecule has 2 heteroatoms. The first kappa shape index (κ1) is 11.1. The van der Waals surface area contributed by atoms with Crippen molar-refractivity contribution in [2.75, 3.05) is 0 Å². The highest BCUT2D eigenvalue weighted by Gasteiger charge is 2.18. The molecular formula is C14H16O2. The normalized spacial score (nSPS) is 13.6. The van der Waals surface area contributed by atoms with Crippen LogP contribution < -0.4 is 0 Å². The van der Waals surface area contributed by atoms with Gasteiger partial charge >= 0.3 is 0 Å². The molecule has 0 radical (unpaired) electrons. The summed E-state index contributed by atoms with van der Waals surface area (Å²) in [4.78, 5) is 23.3. The van der Waals surface area contributed by atoms with E-state index in [0.29, 0.717) is 12.0 Å². The third-order valence-electron chi connectivity index (χ3n) is 3.09. The number of ketones is 2. The molecule has 1 aromatic carbocycles. The highest BCUT2D eigenvalue weighted by Crippen LogP contribution is 2.23. The lowest BCUT2D eigenvalue weighted by molar-refractivity contribution is -0.115. The van der Waals surface area contributed by atoms with Crippen LogP contribution in [0.4, 0.5) is 0 Å². The molecule has 0 spiro atoms. The first-order valence-electron chi connectivity index (χ1n) is 5.91. The van der Waals surface area contributed by atoms with Crippen molar-refractivity contribution in [3.63, 3.8) is 0 Å². The van der Waals surface area contributed by atoms with E-state index in [2.05, 4.69) is 0 Å². The Kier molecular flexibility index (Phi) is 3.18. The monoisotopic (exact) mass is 216 g/mol. The smallest absolute Gasteiger partial charge is 0.228 e. The number of aryl methyl sites for hydroxylation is 2. The van der Waals surface area contributed by atoms with E-state index in [1.54, 1.807) is 6.07 Å². The lowest BCUT2D eigenvalue weighted by Gasteiger charge is -2.03. The van der Waals surface area contributed by atoms with Gasteiger partial charge in [0.2, 0.25) is 11.6 Å². The zero-order valence-electron chi connectivity index (χ0n) is 9.58. The van der Waals surface area contributed by atoms with Crippen LogP contribution in [0.5, 0.6) is 0 Å². The summed E-state index contributed by atoms with van der Waals surface area (Å²) in [5.74, 6) is -0.586. The van der Waals surface area contributed by atoms with Crippen LogP contribution >= 0.6 is 0 Å². The molecule has 1 aromatic rings. The number of hydrogen-bond acceptors (Lipinski definition) is 2. The fraction of sp³-hybridized carbons (Fsp3) is 0.429. The Labute approximate surface area is 95.7 Å². The third-order valence-corrected chi connectivity index (χ3v) is 3.09. The van der Waals surface area contributed by atoms with Gasteiger partial charge in [-0.1, -0.05) is 19.1 Å². The molecule has 2 rings (SSSR count). The van der Waals surface area contributed by atoms with Crippen LogP contribution in [0, 0.1) is 0 Å². The molecule has 0 heterocycles. The summed E-state index contributed by atoms with van der Waals surface area (Å²) in [5.41, 5.74) is 3.15. The van der Waals surface area contributed by atoms with Gasteiger partial charge in [-0.2, -0.15) is 0 Å². The molecule has 0 amide bonds. The molecule has 0 bridgehead atoms. The molecule has 0 aromatic heterocycles. The van der Waals surface area contributed by atoms with Crippen molar-refractivity contribution < 1.29 is 9.59 Å². The van der Waals surface area contributed by atoms with Gasteiger partial charge in [0.1, 0.15) is 0 Å². The highest BCUT2D eigenvalue weighted by molar-refractivity contribution is 6.43. The quantitative estimate of drug-likeness (QED) is 0.573. The highest BCUT2D eigenvalue weighted by atomic mass is 16.2. The molecule has 0 unspecified atom stereocenters. The Balaban J connectivity index is 2.21. The molecule has 0 saturated carbocycles. The molecule has 0 fully saturated rings. The van der Waals surface area contributed by atoms with Crippen LogP contribution in [0.2, 0.25) is 0 Å². The summed E-state index contributed by atoms with van der Waals surface area (Å²) in [6.07, 6.45) is 4.40. The van der Waals surface area contributed by atoms with E-state index >= 15 is 0 Å². The van der Waals surface area contributed by atoms with E-state index in [-0.39, 0.29) is 11.6 Å². The standard InChI is InChI=1S/C14H16O2/c1-2-4-13(15)14(16)12-8-7-10-5-3-6-11(10)9-12/h7-9H,2-6H2,1H3. The van der Waals surface area contributed by atoms with Crippen molar-refractivity contribution in [2.24, 2.45) is 0 Å². The zero-order valence-corrected chi connectivity index (χ0v) is 9.58. The number of hydrogen-bond donors (Lipinski definition) is 0. The second kappa shape index (κ2) is 4.60. The van der Waals surface area contributed by atoms with E-state index < -0.39 is 0 Å². The predicted octanol–water partition coefficient (Wildman–Crippen LogP) is 2.73. The first-order valence-corrected chi connectivity index (χ1v) is 5.91. The number of Topliss-reactive ketones (excluding diaryl/α,β-unsaturated/α-hetero) is 2. The maximum Gasteiger partial charge on any atom is 0.228 e. The molecule has 0 aliphatic heterocycles. The second-order valence-electron chi connectivity index (χ2n) is 4.34. The van der Waals surface area contributed by atoms with Crippen LogP contribution in [-0.2, 0) is 17.6 Å². The summed E-state index contributed by atoms with van der Waals surface area (Å²) in [7, 11) is 0. The van der Waals surface area contributed by atoms with Crippen LogP contribution in [-0.4, -0.2) is 11.6 Å². The molecule has 0 N–H and O–H groups in total. The van der Waals surface area contributed by atoms with E-state index in [9.17, 15) is 9.59 Å². The number of benzene rings is 1. The molecule has 1 aliphatic carbocycles. The fourth-order valence-corrected chi connectivity index (χ4v) is 2.21. The Morgan fingerprint density at radius 2 is 1.94 bits per heavy atom. The minimum atomic E-state index is -0.323. The van der Waals surface area contributed by atoms with Gasteiger partial charge < -0.3 is 0 Å². The van der Waals surface area contributed by atoms with Crippen molar-refractivity contribution in [1.29, 1.82) is 0 Å². The SMILES string of the molecule is CCCC(=O)C(=O)c1ccc2c(c1)CCC2. The zero-order chi connectivity index (χ0) is 11.5. The van der Waals surface area contributed by atoms with Crippen molar-refractivity contribution in [2.45, 2.75) is 39.0 Å². The first-order chi connectivity index (χ1) is 7.72. The minimum Gasteiger partial charge on any atom is -0.290 e. The number of carbonyl (C=O) groups is 2. The van der Waals surface area contributed by atoms with Crippen molar-refractivity contribution in [1.82, 2.24) is 0 Å². The van der Waals surface area contributed by atoms with Gasteiger partial charge in [0.15, 0.2) is 0 Å². The third kappa shape index (κ3) is 2.06. The van der Waals surface area contributed by atoms with Crippen LogP contribution in [0.3, 0.4) is 0 Å². The second-order valence-corrected chi connectivity index (χ2v) is 4.34. The van der Waals surface area contributed by atoms with Crippen LogP contribution in [0.1, 0.15) is 47.7 Å². The summed E-state index contributed by atoms with van der Waals surface area (Å²) in [6.45, 7) is 1.91. The lowest BCUT2D eigenvalue weighted by atomic mass is 10.00. The molecular weight excluding hydrogens is 200 g/mol. The predicted molar refractivity (Wildman–Crippen MR) is 62.7 cm³/mol. The maximum atomic E-state index is 11.8. The Morgan fingerprint density at radius 3 is 2.69 bits per heavy atom. The van der Waals surface area contributed by atoms with Crippen molar-refractivity contribution >= 4 is 11.6 Å². The average Bonchev–Trinajstić information content (AvgIpc) is 2.75. The van der Waals surface area contributed by atoms with Gasteiger partial charge in [-0.05, 0) is 42.9 Å². The number of rotatable bonds is 4. The molecule has 1 aliphatic rings. The maximum absolute atomic E-state index is 11.8. The van der Waals surface area contributed by atoms with E-state index in [4.69, 9.17) is 0 Å². The topological polar surface area (TPSA) is 34.1 Å².